The number of aryl methyl sites for hydroxylation is 1. The Morgan fingerprint density at radius 3 is 2.95 bits per heavy atom. The minimum atomic E-state index is -0.249. The van der Waals surface area contributed by atoms with E-state index < -0.39 is 0 Å². The molecule has 106 valence electrons. The van der Waals surface area contributed by atoms with E-state index in [1.807, 2.05) is 12.1 Å². The zero-order valence-electron chi connectivity index (χ0n) is 11.1. The fourth-order valence-electron chi connectivity index (χ4n) is 2.23. The van der Waals surface area contributed by atoms with Crippen LogP contribution >= 0.6 is 12.4 Å². The standard InChI is InChI=1S/C14H15N3O2.ClH/c1-9-6-13(17-19-9)14(18)16-12-3-2-10-4-5-15-8-11(10)7-12;/h2-3,6-7,15H,4-5,8H2,1H3,(H,16,18);1H. The summed E-state index contributed by atoms with van der Waals surface area (Å²) in [4.78, 5) is 11.9. The van der Waals surface area contributed by atoms with E-state index in [1.165, 1.54) is 11.1 Å². The van der Waals surface area contributed by atoms with Gasteiger partial charge in [0.15, 0.2) is 5.69 Å². The molecule has 0 fully saturated rings. The molecule has 0 bridgehead atoms. The number of fused-ring (bicyclic) bond motifs is 1. The van der Waals surface area contributed by atoms with Crippen molar-refractivity contribution < 1.29 is 9.32 Å². The van der Waals surface area contributed by atoms with Crippen LogP contribution in [0.5, 0.6) is 0 Å². The lowest BCUT2D eigenvalue weighted by molar-refractivity contribution is 0.101. The number of nitrogens with zero attached hydrogens (tertiary/aromatic N) is 1. The number of rotatable bonds is 2. The van der Waals surface area contributed by atoms with Crippen LogP contribution in [0.25, 0.3) is 0 Å². The third-order valence-electron chi connectivity index (χ3n) is 3.21. The van der Waals surface area contributed by atoms with Gasteiger partial charge in [-0.3, -0.25) is 4.79 Å². The van der Waals surface area contributed by atoms with Crippen LogP contribution in [0.3, 0.4) is 0 Å². The minimum Gasteiger partial charge on any atom is -0.361 e. The van der Waals surface area contributed by atoms with E-state index in [0.29, 0.717) is 11.5 Å². The van der Waals surface area contributed by atoms with E-state index >= 15 is 0 Å². The van der Waals surface area contributed by atoms with E-state index in [1.54, 1.807) is 13.0 Å². The zero-order valence-corrected chi connectivity index (χ0v) is 11.9. The molecule has 0 radical (unpaired) electrons. The summed E-state index contributed by atoms with van der Waals surface area (Å²) in [5.74, 6) is 0.375. The van der Waals surface area contributed by atoms with Gasteiger partial charge in [0.25, 0.3) is 5.91 Å². The predicted molar refractivity (Wildman–Crippen MR) is 78.3 cm³/mol. The molecule has 1 aromatic carbocycles. The van der Waals surface area contributed by atoms with E-state index in [4.69, 9.17) is 4.52 Å². The van der Waals surface area contributed by atoms with Crippen molar-refractivity contribution in [3.8, 4) is 0 Å². The second-order valence-corrected chi connectivity index (χ2v) is 4.69. The zero-order chi connectivity index (χ0) is 13.2. The Labute approximate surface area is 123 Å². The average Bonchev–Trinajstić information content (AvgIpc) is 2.85. The van der Waals surface area contributed by atoms with Gasteiger partial charge in [-0.15, -0.1) is 12.4 Å². The molecule has 2 N–H and O–H groups in total. The van der Waals surface area contributed by atoms with Gasteiger partial charge in [0, 0.05) is 18.3 Å². The second kappa shape index (κ2) is 6.07. The van der Waals surface area contributed by atoms with Crippen molar-refractivity contribution in [3.63, 3.8) is 0 Å². The first-order valence-corrected chi connectivity index (χ1v) is 6.29. The molecule has 2 heterocycles. The molecule has 1 aromatic heterocycles. The molecule has 3 rings (SSSR count). The first-order valence-electron chi connectivity index (χ1n) is 6.29. The van der Waals surface area contributed by atoms with Gasteiger partial charge in [0.2, 0.25) is 0 Å². The smallest absolute Gasteiger partial charge is 0.277 e. The Morgan fingerprint density at radius 1 is 1.35 bits per heavy atom. The van der Waals surface area contributed by atoms with Gasteiger partial charge < -0.3 is 15.2 Å². The SMILES string of the molecule is Cc1cc(C(=O)Nc2ccc3c(c2)CNCC3)no1.Cl. The number of amides is 1. The van der Waals surface area contributed by atoms with Gasteiger partial charge in [-0.1, -0.05) is 11.2 Å². The summed E-state index contributed by atoms with van der Waals surface area (Å²) in [5, 5.41) is 9.85. The first kappa shape index (κ1) is 14.6. The van der Waals surface area contributed by atoms with Gasteiger partial charge >= 0.3 is 0 Å². The monoisotopic (exact) mass is 293 g/mol. The molecule has 2 aromatic rings. The largest absolute Gasteiger partial charge is 0.361 e. The number of anilines is 1. The Bertz CT molecular complexity index is 625. The highest BCUT2D eigenvalue weighted by molar-refractivity contribution is 6.02. The lowest BCUT2D eigenvalue weighted by Gasteiger charge is -2.17. The van der Waals surface area contributed by atoms with Gasteiger partial charge in [-0.2, -0.15) is 0 Å². The van der Waals surface area contributed by atoms with Gasteiger partial charge in [-0.05, 0) is 43.1 Å². The normalized spacial score (nSPS) is 13.2. The van der Waals surface area contributed by atoms with Gasteiger partial charge in [0.05, 0.1) is 0 Å². The third kappa shape index (κ3) is 3.00. The van der Waals surface area contributed by atoms with Crippen molar-refractivity contribution >= 4 is 24.0 Å². The summed E-state index contributed by atoms with van der Waals surface area (Å²) in [6, 6.07) is 7.62. The molecule has 0 saturated heterocycles. The lowest BCUT2D eigenvalue weighted by Crippen LogP contribution is -2.23. The van der Waals surface area contributed by atoms with Crippen LogP contribution in [0.4, 0.5) is 5.69 Å². The number of hydrogen-bond acceptors (Lipinski definition) is 4. The van der Waals surface area contributed by atoms with Crippen molar-refractivity contribution in [1.82, 2.24) is 10.5 Å². The van der Waals surface area contributed by atoms with Crippen LogP contribution in [0, 0.1) is 6.92 Å². The highest BCUT2D eigenvalue weighted by Crippen LogP contribution is 2.19. The summed E-state index contributed by atoms with van der Waals surface area (Å²) < 4.78 is 4.89. The fourth-order valence-corrected chi connectivity index (χ4v) is 2.23. The summed E-state index contributed by atoms with van der Waals surface area (Å²) >= 11 is 0. The van der Waals surface area contributed by atoms with E-state index in [9.17, 15) is 4.79 Å². The van der Waals surface area contributed by atoms with E-state index in [2.05, 4.69) is 21.9 Å². The molecule has 0 aliphatic carbocycles. The molecule has 0 saturated carbocycles. The predicted octanol–water partition coefficient (Wildman–Crippen LogP) is 2.30. The molecule has 6 heteroatoms. The van der Waals surface area contributed by atoms with Crippen LogP contribution in [-0.2, 0) is 13.0 Å². The van der Waals surface area contributed by atoms with Crippen LogP contribution in [0.1, 0.15) is 27.4 Å². The van der Waals surface area contributed by atoms with Crippen LogP contribution in [-0.4, -0.2) is 17.6 Å². The average molecular weight is 294 g/mol. The highest BCUT2D eigenvalue weighted by atomic mass is 35.5. The number of nitrogens with one attached hydrogen (secondary N) is 2. The summed E-state index contributed by atoms with van der Waals surface area (Å²) in [6.07, 6.45) is 1.03. The maximum atomic E-state index is 11.9. The Morgan fingerprint density at radius 2 is 2.20 bits per heavy atom. The van der Waals surface area contributed by atoms with Crippen LogP contribution < -0.4 is 10.6 Å². The summed E-state index contributed by atoms with van der Waals surface area (Å²) in [7, 11) is 0. The number of halogens is 1. The number of carbonyl (C=O) groups excluding carboxylic acids is 1. The van der Waals surface area contributed by atoms with Crippen LogP contribution in [0.15, 0.2) is 28.8 Å². The minimum absolute atomic E-state index is 0. The van der Waals surface area contributed by atoms with Crippen molar-refractivity contribution in [3.05, 3.63) is 46.8 Å². The quantitative estimate of drug-likeness (QED) is 0.891. The van der Waals surface area contributed by atoms with E-state index in [-0.39, 0.29) is 18.3 Å². The summed E-state index contributed by atoms with van der Waals surface area (Å²) in [5.41, 5.74) is 3.66. The maximum Gasteiger partial charge on any atom is 0.277 e. The highest BCUT2D eigenvalue weighted by Gasteiger charge is 2.13. The van der Waals surface area contributed by atoms with Crippen molar-refractivity contribution in [2.75, 3.05) is 11.9 Å². The fraction of sp³-hybridized carbons (Fsp3) is 0.286. The Balaban J connectivity index is 0.00000147. The Hall–Kier alpha value is -1.85. The molecule has 0 spiro atoms. The summed E-state index contributed by atoms with van der Waals surface area (Å²) in [6.45, 7) is 3.62. The van der Waals surface area contributed by atoms with E-state index in [0.717, 1.165) is 25.2 Å². The van der Waals surface area contributed by atoms with Crippen molar-refractivity contribution in [2.45, 2.75) is 19.9 Å². The van der Waals surface area contributed by atoms with Crippen molar-refractivity contribution in [2.24, 2.45) is 0 Å². The molecule has 1 amide bonds. The molecule has 5 nitrogen and oxygen atoms in total. The topological polar surface area (TPSA) is 67.2 Å². The molecular weight excluding hydrogens is 278 g/mol. The third-order valence-corrected chi connectivity index (χ3v) is 3.21. The van der Waals surface area contributed by atoms with Gasteiger partial charge in [0.1, 0.15) is 5.76 Å². The number of carbonyl (C=O) groups is 1. The molecule has 0 unspecified atom stereocenters. The molecule has 1 aliphatic rings. The maximum absolute atomic E-state index is 11.9. The first-order chi connectivity index (χ1) is 9.22. The van der Waals surface area contributed by atoms with Crippen molar-refractivity contribution in [1.29, 1.82) is 0 Å². The number of hydrogen-bond donors (Lipinski definition) is 2. The molecule has 1 aliphatic heterocycles. The Kier molecular flexibility index (Phi) is 4.42. The molecular formula is C14H16ClN3O2. The van der Waals surface area contributed by atoms with Crippen LogP contribution in [0.2, 0.25) is 0 Å². The number of aromatic nitrogens is 1. The molecule has 0 atom stereocenters. The number of benzene rings is 1. The van der Waals surface area contributed by atoms with Gasteiger partial charge in [-0.25, -0.2) is 0 Å². The molecule has 20 heavy (non-hydrogen) atoms. The lowest BCUT2D eigenvalue weighted by atomic mass is 10.0. The second-order valence-electron chi connectivity index (χ2n) is 4.69.